The molecule has 1 rings (SSSR count). The number of hydrogen-bond donors (Lipinski definition) is 0. The van der Waals surface area contributed by atoms with Crippen molar-refractivity contribution in [2.75, 3.05) is 33.4 Å². The first-order valence-corrected chi connectivity index (χ1v) is 6.39. The Hall–Kier alpha value is 0.470. The highest BCUT2D eigenvalue weighted by Crippen LogP contribution is 2.19. The topological polar surface area (TPSA) is 30.2 Å². The Kier molecular flexibility index (Phi) is 7.23. The normalized spacial score (nSPS) is 11.0. The summed E-state index contributed by atoms with van der Waals surface area (Å²) in [6.07, 6.45) is 0. The molecule has 0 saturated carbocycles. The van der Waals surface area contributed by atoms with E-state index in [0.29, 0.717) is 10.4 Å². The van der Waals surface area contributed by atoms with E-state index < -0.39 is 0 Å². The van der Waals surface area contributed by atoms with E-state index in [0.717, 1.165) is 16.8 Å². The van der Waals surface area contributed by atoms with Crippen molar-refractivity contribution in [3.63, 3.8) is 0 Å². The van der Waals surface area contributed by atoms with Crippen LogP contribution in [0.4, 0.5) is 0 Å². The molecule has 16 heavy (non-hydrogen) atoms. The van der Waals surface area contributed by atoms with Crippen LogP contribution in [0.5, 0.6) is 0 Å². The summed E-state index contributed by atoms with van der Waals surface area (Å²) in [4.78, 5) is 11.6. The number of quaternary nitrogens is 1. The second-order valence-corrected chi connectivity index (χ2v) is 6.10. The average molecular weight is 420 g/mol. The van der Waals surface area contributed by atoms with Gasteiger partial charge in [0.1, 0.15) is 0 Å². The maximum Gasteiger partial charge on any atom is 0.254 e. The zero-order valence-corrected chi connectivity index (χ0v) is 14.1. The van der Waals surface area contributed by atoms with E-state index in [1.54, 1.807) is 12.1 Å². The van der Waals surface area contributed by atoms with Crippen molar-refractivity contribution < 1.29 is 37.7 Å². The van der Waals surface area contributed by atoms with Gasteiger partial charge in [-0.3, -0.25) is 4.79 Å². The van der Waals surface area contributed by atoms with Crippen molar-refractivity contribution in [3.05, 3.63) is 22.6 Å². The minimum atomic E-state index is -0.00542. The van der Waals surface area contributed by atoms with Crippen LogP contribution in [0.15, 0.2) is 21.2 Å². The van der Waals surface area contributed by atoms with E-state index in [1.807, 2.05) is 0 Å². The van der Waals surface area contributed by atoms with E-state index in [-0.39, 0.29) is 29.1 Å². The summed E-state index contributed by atoms with van der Waals surface area (Å²) in [6.45, 7) is 0.957. The molecule has 0 amide bonds. The highest BCUT2D eigenvalue weighted by atomic mass is 127. The zero-order chi connectivity index (χ0) is 11.5. The van der Waals surface area contributed by atoms with Crippen molar-refractivity contribution in [1.29, 1.82) is 0 Å². The third-order valence-corrected chi connectivity index (χ3v) is 3.05. The van der Waals surface area contributed by atoms with Crippen LogP contribution in [0.1, 0.15) is 10.6 Å². The molecule has 0 spiro atoms. The second-order valence-electron chi connectivity index (χ2n) is 4.25. The molecular formula is C10H15BrINO2S. The van der Waals surface area contributed by atoms with Gasteiger partial charge in [-0.05, 0) is 28.1 Å². The number of rotatable bonds is 4. The van der Waals surface area contributed by atoms with Crippen molar-refractivity contribution in [2.45, 2.75) is 0 Å². The Morgan fingerprint density at radius 2 is 2.06 bits per heavy atom. The molecule has 0 aliphatic rings. The van der Waals surface area contributed by atoms with E-state index in [1.165, 1.54) is 11.8 Å². The molecule has 3 nitrogen and oxygen atoms in total. The number of hydrogen-bond acceptors (Lipinski definition) is 3. The third kappa shape index (κ3) is 6.27. The maximum absolute atomic E-state index is 11.6. The van der Waals surface area contributed by atoms with Gasteiger partial charge >= 0.3 is 0 Å². The van der Waals surface area contributed by atoms with Crippen molar-refractivity contribution >= 4 is 32.8 Å². The predicted molar refractivity (Wildman–Crippen MR) is 66.1 cm³/mol. The number of furan rings is 1. The standard InChI is InChI=1S/C10H15BrNO2S.HI/c1-12(2,3)6-7-15-10(13)8-4-5-9(11)14-8;/h4-5H,6-7H2,1-3H3;1H/q+1;/p-1. The largest absolute Gasteiger partial charge is 1.00 e. The number of halogens is 2. The van der Waals surface area contributed by atoms with Crippen molar-refractivity contribution in [2.24, 2.45) is 0 Å². The van der Waals surface area contributed by atoms with Gasteiger partial charge < -0.3 is 32.9 Å². The molecule has 0 unspecified atom stereocenters. The molecule has 0 aliphatic heterocycles. The van der Waals surface area contributed by atoms with Crippen LogP contribution in [0.3, 0.4) is 0 Å². The lowest BCUT2D eigenvalue weighted by molar-refractivity contribution is -0.867. The number of carbonyl (C=O) groups is 1. The molecule has 92 valence electrons. The highest BCUT2D eigenvalue weighted by molar-refractivity contribution is 9.10. The lowest BCUT2D eigenvalue weighted by atomic mass is 10.5. The SMILES string of the molecule is C[N+](C)(C)CCSC(=O)c1ccc(Br)o1.[I-]. The van der Waals surface area contributed by atoms with Gasteiger partial charge in [-0.1, -0.05) is 11.8 Å². The molecule has 0 atom stereocenters. The smallest absolute Gasteiger partial charge is 0.254 e. The Morgan fingerprint density at radius 1 is 1.44 bits per heavy atom. The number of nitrogens with zero attached hydrogens (tertiary/aromatic N) is 1. The van der Waals surface area contributed by atoms with Crippen LogP contribution in [0.2, 0.25) is 0 Å². The molecular weight excluding hydrogens is 405 g/mol. The fourth-order valence-electron chi connectivity index (χ4n) is 0.907. The quantitative estimate of drug-likeness (QED) is 0.492. The molecule has 1 aromatic heterocycles. The maximum atomic E-state index is 11.6. The second kappa shape index (κ2) is 7.03. The van der Waals surface area contributed by atoms with Crippen molar-refractivity contribution in [3.8, 4) is 0 Å². The molecule has 0 N–H and O–H groups in total. The van der Waals surface area contributed by atoms with Crippen LogP contribution in [-0.4, -0.2) is 43.0 Å². The van der Waals surface area contributed by atoms with Crippen LogP contribution in [0, 0.1) is 0 Å². The van der Waals surface area contributed by atoms with Crippen LogP contribution < -0.4 is 24.0 Å². The fourth-order valence-corrected chi connectivity index (χ4v) is 2.29. The molecule has 0 radical (unpaired) electrons. The van der Waals surface area contributed by atoms with Crippen LogP contribution in [-0.2, 0) is 0 Å². The van der Waals surface area contributed by atoms with Crippen LogP contribution >= 0.6 is 27.7 Å². The molecule has 0 saturated heterocycles. The van der Waals surface area contributed by atoms with Gasteiger partial charge in [0, 0.05) is 0 Å². The van der Waals surface area contributed by atoms with Gasteiger partial charge in [-0.25, -0.2) is 0 Å². The van der Waals surface area contributed by atoms with Gasteiger partial charge in [0.25, 0.3) is 5.12 Å². The van der Waals surface area contributed by atoms with Gasteiger partial charge in [0.15, 0.2) is 10.4 Å². The van der Waals surface area contributed by atoms with Gasteiger partial charge in [0.2, 0.25) is 0 Å². The Bertz CT molecular complexity index is 349. The van der Waals surface area contributed by atoms with Gasteiger partial charge in [0.05, 0.1) is 33.4 Å². The summed E-state index contributed by atoms with van der Waals surface area (Å²) in [5.74, 6) is 1.22. The molecule has 6 heteroatoms. The predicted octanol–water partition coefficient (Wildman–Crippen LogP) is -0.374. The summed E-state index contributed by atoms with van der Waals surface area (Å²) in [7, 11) is 6.32. The van der Waals surface area contributed by atoms with Gasteiger partial charge in [-0.15, -0.1) is 0 Å². The first-order valence-electron chi connectivity index (χ1n) is 4.61. The lowest BCUT2D eigenvalue weighted by Gasteiger charge is -2.23. The lowest BCUT2D eigenvalue weighted by Crippen LogP contribution is -3.00. The van der Waals surface area contributed by atoms with Crippen molar-refractivity contribution in [1.82, 2.24) is 0 Å². The molecule has 1 heterocycles. The van der Waals surface area contributed by atoms with E-state index in [4.69, 9.17) is 4.42 Å². The fraction of sp³-hybridized carbons (Fsp3) is 0.500. The molecule has 0 fully saturated rings. The van der Waals surface area contributed by atoms with E-state index in [2.05, 4.69) is 37.1 Å². The molecule has 0 aromatic carbocycles. The Balaban J connectivity index is 0.00000225. The monoisotopic (exact) mass is 419 g/mol. The molecule has 1 aromatic rings. The van der Waals surface area contributed by atoms with Gasteiger partial charge in [-0.2, -0.15) is 0 Å². The number of carbonyl (C=O) groups excluding carboxylic acids is 1. The third-order valence-electron chi connectivity index (χ3n) is 1.77. The molecule has 0 aliphatic carbocycles. The minimum absolute atomic E-state index is 0. The van der Waals surface area contributed by atoms with Crippen LogP contribution in [0.25, 0.3) is 0 Å². The average Bonchev–Trinajstić information content (AvgIpc) is 2.49. The molecule has 0 bridgehead atoms. The minimum Gasteiger partial charge on any atom is -1.00 e. The zero-order valence-electron chi connectivity index (χ0n) is 9.50. The summed E-state index contributed by atoms with van der Waals surface area (Å²) >= 11 is 4.47. The Labute approximate surface area is 126 Å². The summed E-state index contributed by atoms with van der Waals surface area (Å²) < 4.78 is 6.63. The first-order chi connectivity index (χ1) is 6.88. The van der Waals surface area contributed by atoms with E-state index >= 15 is 0 Å². The Morgan fingerprint density at radius 3 is 2.50 bits per heavy atom. The summed E-state index contributed by atoms with van der Waals surface area (Å²) in [5.41, 5.74) is 0. The van der Waals surface area contributed by atoms with E-state index in [9.17, 15) is 4.79 Å². The number of thioether (sulfide) groups is 1. The highest BCUT2D eigenvalue weighted by Gasteiger charge is 2.13. The summed E-state index contributed by atoms with van der Waals surface area (Å²) in [5, 5.41) is -0.00542. The first kappa shape index (κ1) is 16.5. The summed E-state index contributed by atoms with van der Waals surface area (Å²) in [6, 6.07) is 3.42.